The average Bonchev–Trinajstić information content (AvgIpc) is 2.91. The van der Waals surface area contributed by atoms with Crippen LogP contribution in [0.25, 0.3) is 0 Å². The lowest BCUT2D eigenvalue weighted by Gasteiger charge is -2.42. The Kier molecular flexibility index (Phi) is 4.14. The van der Waals surface area contributed by atoms with E-state index in [2.05, 4.69) is 4.72 Å². The van der Waals surface area contributed by atoms with Crippen LogP contribution in [0.15, 0.2) is 21.6 Å². The van der Waals surface area contributed by atoms with Crippen LogP contribution in [0.3, 0.4) is 0 Å². The van der Waals surface area contributed by atoms with Crippen LogP contribution in [-0.2, 0) is 10.0 Å². The summed E-state index contributed by atoms with van der Waals surface area (Å²) in [5.41, 5.74) is 5.86. The van der Waals surface area contributed by atoms with Gasteiger partial charge in [0, 0.05) is 19.1 Å². The minimum Gasteiger partial charge on any atom is -0.438 e. The van der Waals surface area contributed by atoms with E-state index in [0.717, 1.165) is 0 Å². The maximum absolute atomic E-state index is 12.4. The fraction of sp³-hybridized carbons (Fsp3) is 0.615. The Balaban J connectivity index is 2.18. The van der Waals surface area contributed by atoms with E-state index in [1.54, 1.807) is 4.90 Å². The number of nitrogens with two attached hydrogens (primary N) is 1. The second kappa shape index (κ2) is 5.43. The molecule has 1 fully saturated rings. The molecule has 2 heterocycles. The van der Waals surface area contributed by atoms with Crippen LogP contribution < -0.4 is 10.5 Å². The first-order valence-electron chi connectivity index (χ1n) is 6.75. The van der Waals surface area contributed by atoms with Crippen molar-refractivity contribution in [2.24, 2.45) is 11.1 Å². The second-order valence-electron chi connectivity index (χ2n) is 5.94. The lowest BCUT2D eigenvalue weighted by Crippen LogP contribution is -2.53. The van der Waals surface area contributed by atoms with E-state index < -0.39 is 10.0 Å². The Morgan fingerprint density at radius 2 is 2.14 bits per heavy atom. The van der Waals surface area contributed by atoms with Gasteiger partial charge in [0.25, 0.3) is 15.9 Å². The number of carbonyl (C=O) groups is 1. The molecule has 21 heavy (non-hydrogen) atoms. The molecule has 1 aromatic heterocycles. The first-order valence-corrected chi connectivity index (χ1v) is 8.24. The number of carbonyl (C=O) groups excluding carboxylic acids is 1. The Bertz CT molecular complexity index is 636. The molecule has 1 unspecified atom stereocenters. The Morgan fingerprint density at radius 3 is 2.71 bits per heavy atom. The van der Waals surface area contributed by atoms with Gasteiger partial charge in [-0.25, -0.2) is 13.1 Å². The molecule has 0 aromatic carbocycles. The molecule has 1 saturated heterocycles. The summed E-state index contributed by atoms with van der Waals surface area (Å²) in [7, 11) is -2.40. The summed E-state index contributed by atoms with van der Waals surface area (Å²) < 4.78 is 30.5. The van der Waals surface area contributed by atoms with Gasteiger partial charge in [0.1, 0.15) is 0 Å². The van der Waals surface area contributed by atoms with Gasteiger partial charge in [-0.3, -0.25) is 4.79 Å². The molecule has 7 nitrogen and oxygen atoms in total. The number of sulfonamides is 1. The molecular formula is C13H21N3O4S. The normalized spacial score (nSPS) is 22.3. The van der Waals surface area contributed by atoms with Gasteiger partial charge in [-0.05, 0) is 31.0 Å². The first kappa shape index (κ1) is 16.0. The van der Waals surface area contributed by atoms with Crippen LogP contribution in [-0.4, -0.2) is 45.4 Å². The van der Waals surface area contributed by atoms with Crippen molar-refractivity contribution in [3.63, 3.8) is 0 Å². The molecule has 0 spiro atoms. The summed E-state index contributed by atoms with van der Waals surface area (Å²) in [5, 5.41) is -0.263. The number of hydrogen-bond acceptors (Lipinski definition) is 5. The summed E-state index contributed by atoms with van der Waals surface area (Å²) in [6.07, 6.45) is 0.709. The Labute approximate surface area is 124 Å². The molecule has 2 rings (SSSR count). The molecule has 118 valence electrons. The van der Waals surface area contributed by atoms with Crippen molar-refractivity contribution in [1.29, 1.82) is 0 Å². The van der Waals surface area contributed by atoms with E-state index in [1.807, 2.05) is 13.8 Å². The van der Waals surface area contributed by atoms with Crippen LogP contribution in [0.1, 0.15) is 30.8 Å². The number of rotatable bonds is 3. The largest absolute Gasteiger partial charge is 0.438 e. The number of piperidine rings is 1. The van der Waals surface area contributed by atoms with E-state index in [1.165, 1.54) is 19.2 Å². The SMILES string of the molecule is CNS(=O)(=O)c1ccc(C(=O)N2CCC(N)C(C)(C)C2)o1. The zero-order valence-electron chi connectivity index (χ0n) is 12.4. The van der Waals surface area contributed by atoms with Crippen LogP contribution in [0.5, 0.6) is 0 Å². The smallest absolute Gasteiger partial charge is 0.289 e. The van der Waals surface area contributed by atoms with Crippen molar-refractivity contribution in [2.45, 2.75) is 31.4 Å². The van der Waals surface area contributed by atoms with Gasteiger partial charge in [0.2, 0.25) is 5.09 Å². The first-order chi connectivity index (χ1) is 9.67. The number of nitrogens with zero attached hydrogens (tertiary/aromatic N) is 1. The van der Waals surface area contributed by atoms with Gasteiger partial charge in [0.05, 0.1) is 0 Å². The molecule has 0 saturated carbocycles. The molecule has 1 amide bonds. The summed E-state index contributed by atoms with van der Waals surface area (Å²) >= 11 is 0. The van der Waals surface area contributed by atoms with Crippen molar-refractivity contribution in [3.05, 3.63) is 17.9 Å². The van der Waals surface area contributed by atoms with E-state index in [9.17, 15) is 13.2 Å². The lowest BCUT2D eigenvalue weighted by molar-refractivity contribution is 0.0498. The average molecular weight is 315 g/mol. The molecule has 8 heteroatoms. The molecule has 0 aliphatic carbocycles. The van der Waals surface area contributed by atoms with Gasteiger partial charge in [-0.15, -0.1) is 0 Å². The fourth-order valence-electron chi connectivity index (χ4n) is 2.38. The second-order valence-corrected chi connectivity index (χ2v) is 7.75. The highest BCUT2D eigenvalue weighted by Crippen LogP contribution is 2.29. The summed E-state index contributed by atoms with van der Waals surface area (Å²) in [6, 6.07) is 2.70. The molecule has 3 N–H and O–H groups in total. The van der Waals surface area contributed by atoms with Crippen molar-refractivity contribution >= 4 is 15.9 Å². The van der Waals surface area contributed by atoms with Crippen LogP contribution in [0.4, 0.5) is 0 Å². The number of likely N-dealkylation sites (tertiary alicyclic amines) is 1. The topological polar surface area (TPSA) is 106 Å². The minimum atomic E-state index is -3.68. The van der Waals surface area contributed by atoms with Gasteiger partial charge in [0.15, 0.2) is 5.76 Å². The summed E-state index contributed by atoms with van der Waals surface area (Å²) in [4.78, 5) is 14.0. The quantitative estimate of drug-likeness (QED) is 0.839. The number of nitrogens with one attached hydrogen (secondary N) is 1. The highest BCUT2D eigenvalue weighted by molar-refractivity contribution is 7.89. The monoisotopic (exact) mass is 315 g/mol. The van der Waals surface area contributed by atoms with E-state index >= 15 is 0 Å². The van der Waals surface area contributed by atoms with Crippen molar-refractivity contribution in [3.8, 4) is 0 Å². The van der Waals surface area contributed by atoms with Gasteiger partial charge < -0.3 is 15.1 Å². The highest BCUT2D eigenvalue weighted by Gasteiger charge is 2.36. The molecule has 0 radical (unpaired) electrons. The number of amides is 1. The van der Waals surface area contributed by atoms with Crippen LogP contribution >= 0.6 is 0 Å². The maximum Gasteiger partial charge on any atom is 0.289 e. The van der Waals surface area contributed by atoms with Crippen LogP contribution in [0, 0.1) is 5.41 Å². The minimum absolute atomic E-state index is 0.0232. The molecule has 1 aliphatic heterocycles. The fourth-order valence-corrected chi connectivity index (χ4v) is 3.03. The summed E-state index contributed by atoms with van der Waals surface area (Å²) in [6.45, 7) is 5.08. The molecule has 0 bridgehead atoms. The van der Waals surface area contributed by atoms with Gasteiger partial charge >= 0.3 is 0 Å². The Hall–Kier alpha value is -1.38. The molecule has 1 aliphatic rings. The Morgan fingerprint density at radius 1 is 1.48 bits per heavy atom. The number of furan rings is 1. The highest BCUT2D eigenvalue weighted by atomic mass is 32.2. The summed E-state index contributed by atoms with van der Waals surface area (Å²) in [5.74, 6) is -0.289. The predicted molar refractivity (Wildman–Crippen MR) is 77.2 cm³/mol. The zero-order chi connectivity index (χ0) is 15.8. The number of hydrogen-bond donors (Lipinski definition) is 2. The predicted octanol–water partition coefficient (Wildman–Crippen LogP) is 0.387. The van der Waals surface area contributed by atoms with Crippen molar-refractivity contribution in [2.75, 3.05) is 20.1 Å². The van der Waals surface area contributed by atoms with E-state index in [0.29, 0.717) is 19.5 Å². The van der Waals surface area contributed by atoms with Crippen LogP contribution in [0.2, 0.25) is 0 Å². The van der Waals surface area contributed by atoms with Crippen molar-refractivity contribution in [1.82, 2.24) is 9.62 Å². The van der Waals surface area contributed by atoms with Gasteiger partial charge in [-0.1, -0.05) is 13.8 Å². The molecule has 1 atom stereocenters. The third-order valence-electron chi connectivity index (χ3n) is 3.93. The zero-order valence-corrected chi connectivity index (χ0v) is 13.2. The molecular weight excluding hydrogens is 294 g/mol. The maximum atomic E-state index is 12.4. The molecule has 1 aromatic rings. The van der Waals surface area contributed by atoms with E-state index in [4.69, 9.17) is 10.2 Å². The third kappa shape index (κ3) is 3.12. The lowest BCUT2D eigenvalue weighted by atomic mass is 9.79. The standard InChI is InChI=1S/C13H21N3O4S/c1-13(2)8-16(7-6-10(13)14)12(17)9-4-5-11(20-9)21(18,19)15-3/h4-5,10,15H,6-8,14H2,1-3H3. The van der Waals surface area contributed by atoms with E-state index in [-0.39, 0.29) is 28.2 Å². The third-order valence-corrected chi connectivity index (χ3v) is 5.21. The van der Waals surface area contributed by atoms with Gasteiger partial charge in [-0.2, -0.15) is 0 Å². The van der Waals surface area contributed by atoms with Crippen molar-refractivity contribution < 1.29 is 17.6 Å².